The van der Waals surface area contributed by atoms with Crippen LogP contribution in [0.4, 0.5) is 11.5 Å². The molecule has 2 aromatic carbocycles. The standard InChI is InChI=1S/C24H20N4O2S.C2H6/c25-18-8-7-15(23-22(18)17-4-1-2-6-19(17)31-23)16-5-3-9-28-21(29)14-20(26-24(16)28)27-10-12-30-13-11-27;1-2/h1-9,14H,10-13,25H2;1-2H3/p+1. The fourth-order valence-electron chi connectivity index (χ4n) is 4.42. The molecule has 0 atom stereocenters. The Hall–Kier alpha value is -3.42. The second-order valence-electron chi connectivity index (χ2n) is 7.74. The molecule has 33 heavy (non-hydrogen) atoms. The van der Waals surface area contributed by atoms with Gasteiger partial charge in [-0.05, 0) is 24.3 Å². The van der Waals surface area contributed by atoms with Gasteiger partial charge in [0.1, 0.15) is 0 Å². The van der Waals surface area contributed by atoms with Gasteiger partial charge in [0.25, 0.3) is 0 Å². The van der Waals surface area contributed by atoms with Crippen LogP contribution in [-0.4, -0.2) is 30.7 Å². The second kappa shape index (κ2) is 8.84. The molecule has 0 radical (unpaired) electrons. The number of pyridine rings is 1. The number of benzene rings is 2. The molecule has 1 aliphatic heterocycles. The SMILES string of the molecule is CC.Nc1ccc(-c2cccn3c(=O)cc(N4CCOCC4)[nH+]c23)c2sc3ccccc3c12. The summed E-state index contributed by atoms with van der Waals surface area (Å²) in [5.41, 5.74) is 9.94. The molecule has 7 heteroatoms. The molecule has 0 unspecified atom stereocenters. The number of nitrogens with two attached hydrogens (primary N) is 1. The third kappa shape index (κ3) is 3.63. The fourth-order valence-corrected chi connectivity index (χ4v) is 5.69. The number of fused-ring (bicyclic) bond motifs is 4. The molecule has 0 bridgehead atoms. The van der Waals surface area contributed by atoms with Gasteiger partial charge in [-0.3, -0.25) is 9.69 Å². The molecule has 0 aliphatic carbocycles. The van der Waals surface area contributed by atoms with Crippen molar-refractivity contribution in [2.24, 2.45) is 0 Å². The molecular weight excluding hydrogens is 432 g/mol. The first-order chi connectivity index (χ1) is 16.2. The third-order valence-corrected chi connectivity index (χ3v) is 7.14. The highest BCUT2D eigenvalue weighted by Gasteiger charge is 2.22. The van der Waals surface area contributed by atoms with Crippen LogP contribution in [0.15, 0.2) is 65.6 Å². The normalized spacial score (nSPS) is 13.9. The molecule has 5 aromatic rings. The number of thiophene rings is 1. The number of morpholine rings is 1. The molecule has 6 nitrogen and oxygen atoms in total. The van der Waals surface area contributed by atoms with Crippen molar-refractivity contribution in [3.8, 4) is 11.1 Å². The van der Waals surface area contributed by atoms with Crippen molar-refractivity contribution < 1.29 is 9.72 Å². The van der Waals surface area contributed by atoms with Crippen LogP contribution in [0.1, 0.15) is 13.8 Å². The Bertz CT molecular complexity index is 1520. The van der Waals surface area contributed by atoms with E-state index in [2.05, 4.69) is 34.1 Å². The number of hydrogen-bond donors (Lipinski definition) is 1. The van der Waals surface area contributed by atoms with Crippen molar-refractivity contribution in [3.05, 3.63) is 71.1 Å². The maximum Gasteiger partial charge on any atom is 0.317 e. The highest BCUT2D eigenvalue weighted by atomic mass is 32.1. The van der Waals surface area contributed by atoms with E-state index in [4.69, 9.17) is 10.5 Å². The lowest BCUT2D eigenvalue weighted by Gasteiger charge is -2.23. The average molecular weight is 460 g/mol. The Morgan fingerprint density at radius 1 is 1.00 bits per heavy atom. The van der Waals surface area contributed by atoms with Crippen LogP contribution in [0.25, 0.3) is 36.9 Å². The topological polar surface area (TPSA) is 74.1 Å². The molecule has 6 rings (SSSR count). The van der Waals surface area contributed by atoms with Gasteiger partial charge in [-0.15, -0.1) is 11.3 Å². The number of nitrogen functional groups attached to an aromatic ring is 1. The summed E-state index contributed by atoms with van der Waals surface area (Å²) in [5.74, 6) is 0.823. The lowest BCUT2D eigenvalue weighted by Crippen LogP contribution is -2.41. The highest BCUT2D eigenvalue weighted by Crippen LogP contribution is 2.43. The van der Waals surface area contributed by atoms with Crippen molar-refractivity contribution in [1.82, 2.24) is 4.40 Å². The first-order valence-electron chi connectivity index (χ1n) is 11.3. The Morgan fingerprint density at radius 2 is 1.79 bits per heavy atom. The average Bonchev–Trinajstić information content (AvgIpc) is 3.26. The van der Waals surface area contributed by atoms with Gasteiger partial charge < -0.3 is 10.5 Å². The number of nitrogens with zero attached hydrogens (tertiary/aromatic N) is 2. The molecule has 3 aromatic heterocycles. The number of hydrogen-bond acceptors (Lipinski definition) is 5. The monoisotopic (exact) mass is 459 g/mol. The Balaban J connectivity index is 0.00000111. The van der Waals surface area contributed by atoms with Crippen LogP contribution in [0, 0.1) is 0 Å². The van der Waals surface area contributed by atoms with E-state index < -0.39 is 0 Å². The van der Waals surface area contributed by atoms with Crippen molar-refractivity contribution in [3.63, 3.8) is 0 Å². The third-order valence-electron chi connectivity index (χ3n) is 5.94. The number of aromatic amines is 1. The number of rotatable bonds is 2. The van der Waals surface area contributed by atoms with Gasteiger partial charge in [0, 0.05) is 31.4 Å². The van der Waals surface area contributed by atoms with Gasteiger partial charge in [0.15, 0.2) is 0 Å². The number of aromatic nitrogens is 2. The van der Waals surface area contributed by atoms with Crippen LogP contribution >= 0.6 is 11.3 Å². The first-order valence-corrected chi connectivity index (χ1v) is 12.1. The van der Waals surface area contributed by atoms with Crippen LogP contribution in [-0.2, 0) is 4.74 Å². The summed E-state index contributed by atoms with van der Waals surface area (Å²) < 4.78 is 9.48. The minimum atomic E-state index is -0.0554. The van der Waals surface area contributed by atoms with E-state index in [1.54, 1.807) is 28.0 Å². The molecule has 0 spiro atoms. The van der Waals surface area contributed by atoms with Crippen molar-refractivity contribution >= 4 is 48.7 Å². The molecule has 1 saturated heterocycles. The van der Waals surface area contributed by atoms with Gasteiger partial charge in [0.2, 0.25) is 11.5 Å². The highest BCUT2D eigenvalue weighted by molar-refractivity contribution is 7.26. The summed E-state index contributed by atoms with van der Waals surface area (Å²) in [6, 6.07) is 18.0. The van der Waals surface area contributed by atoms with E-state index in [9.17, 15) is 4.79 Å². The van der Waals surface area contributed by atoms with E-state index in [0.717, 1.165) is 56.8 Å². The van der Waals surface area contributed by atoms with Crippen LogP contribution in [0.3, 0.4) is 0 Å². The minimum absolute atomic E-state index is 0.0554. The Labute approximate surface area is 195 Å². The molecule has 3 N–H and O–H groups in total. The van der Waals surface area contributed by atoms with E-state index in [1.807, 2.05) is 38.1 Å². The van der Waals surface area contributed by atoms with Crippen LogP contribution < -0.4 is 21.2 Å². The van der Waals surface area contributed by atoms with E-state index in [1.165, 1.54) is 4.70 Å². The van der Waals surface area contributed by atoms with Gasteiger partial charge >= 0.3 is 5.56 Å². The number of ether oxygens (including phenoxy) is 1. The molecule has 4 heterocycles. The van der Waals surface area contributed by atoms with Crippen molar-refractivity contribution in [1.29, 1.82) is 0 Å². The first kappa shape index (κ1) is 21.4. The second-order valence-corrected chi connectivity index (χ2v) is 8.79. The quantitative estimate of drug-likeness (QED) is 0.392. The lowest BCUT2D eigenvalue weighted by atomic mass is 10.0. The summed E-state index contributed by atoms with van der Waals surface area (Å²) in [6.45, 7) is 6.85. The maximum atomic E-state index is 13.0. The summed E-state index contributed by atoms with van der Waals surface area (Å²) in [5, 5.41) is 2.24. The summed E-state index contributed by atoms with van der Waals surface area (Å²) in [7, 11) is 0. The van der Waals surface area contributed by atoms with Crippen molar-refractivity contribution in [2.45, 2.75) is 13.8 Å². The molecule has 168 valence electrons. The number of anilines is 2. The summed E-state index contributed by atoms with van der Waals surface area (Å²) in [4.78, 5) is 18.6. The predicted molar refractivity (Wildman–Crippen MR) is 137 cm³/mol. The molecular formula is C26H27N4O2S+. The molecule has 1 aliphatic rings. The zero-order chi connectivity index (χ0) is 22.9. The maximum absolute atomic E-state index is 13.0. The smallest absolute Gasteiger partial charge is 0.317 e. The van der Waals surface area contributed by atoms with Crippen molar-refractivity contribution in [2.75, 3.05) is 36.9 Å². The fraction of sp³-hybridized carbons (Fsp3) is 0.231. The summed E-state index contributed by atoms with van der Waals surface area (Å²) >= 11 is 1.73. The van der Waals surface area contributed by atoms with Gasteiger partial charge in [-0.2, -0.15) is 4.40 Å². The zero-order valence-corrected chi connectivity index (χ0v) is 19.6. The van der Waals surface area contributed by atoms with E-state index in [-0.39, 0.29) is 5.56 Å². The van der Waals surface area contributed by atoms with E-state index >= 15 is 0 Å². The largest absolute Gasteiger partial charge is 0.398 e. The minimum Gasteiger partial charge on any atom is -0.398 e. The molecule has 0 saturated carbocycles. The number of H-pyrrole nitrogens is 1. The molecule has 0 amide bonds. The van der Waals surface area contributed by atoms with Crippen LogP contribution in [0.2, 0.25) is 0 Å². The molecule has 1 fully saturated rings. The Kier molecular flexibility index (Phi) is 5.74. The van der Waals surface area contributed by atoms with E-state index in [0.29, 0.717) is 13.2 Å². The van der Waals surface area contributed by atoms with Gasteiger partial charge in [-0.25, -0.2) is 4.98 Å². The van der Waals surface area contributed by atoms with Gasteiger partial charge in [0.05, 0.1) is 44.1 Å². The lowest BCUT2D eigenvalue weighted by molar-refractivity contribution is -0.336. The predicted octanol–water partition coefficient (Wildman–Crippen LogP) is 4.59. The zero-order valence-electron chi connectivity index (χ0n) is 18.8. The Morgan fingerprint density at radius 3 is 2.61 bits per heavy atom. The summed E-state index contributed by atoms with van der Waals surface area (Å²) in [6.07, 6.45) is 1.81. The van der Waals surface area contributed by atoms with Crippen LogP contribution in [0.5, 0.6) is 0 Å². The number of nitrogens with one attached hydrogen (secondary N) is 1. The van der Waals surface area contributed by atoms with Gasteiger partial charge in [-0.1, -0.05) is 38.1 Å².